The number of ether oxygens (including phenoxy) is 1. The molecule has 0 spiro atoms. The van der Waals surface area contributed by atoms with Crippen LogP contribution >= 0.6 is 0 Å². The molecule has 18 heavy (non-hydrogen) atoms. The fraction of sp³-hybridized carbons (Fsp3) is 0.0769. The number of carbonyl (C=O) groups is 1. The number of aromatic amines is 1. The van der Waals surface area contributed by atoms with E-state index in [-0.39, 0.29) is 5.97 Å². The van der Waals surface area contributed by atoms with Crippen LogP contribution in [0.15, 0.2) is 48.8 Å². The lowest BCUT2D eigenvalue weighted by Crippen LogP contribution is -2.23. The molecule has 5 heteroatoms. The van der Waals surface area contributed by atoms with Gasteiger partial charge in [-0.3, -0.25) is 0 Å². The van der Waals surface area contributed by atoms with Crippen molar-refractivity contribution in [2.45, 2.75) is 0 Å². The second-order valence-electron chi connectivity index (χ2n) is 3.90. The molecule has 0 fully saturated rings. The Hall–Kier alpha value is -2.56. The summed E-state index contributed by atoms with van der Waals surface area (Å²) >= 11 is 0. The molecule has 0 amide bonds. The molecule has 3 rings (SSSR count). The van der Waals surface area contributed by atoms with E-state index in [1.165, 1.54) is 7.11 Å². The highest BCUT2D eigenvalue weighted by Crippen LogP contribution is 2.16. The Morgan fingerprint density at radius 2 is 2.06 bits per heavy atom. The first-order valence-electron chi connectivity index (χ1n) is 5.55. The van der Waals surface area contributed by atoms with Gasteiger partial charge in [0.05, 0.1) is 7.11 Å². The SMILES string of the molecule is COC(=O)c1c[n+]2ccc(-c3ccccc3)n2[nH]1. The van der Waals surface area contributed by atoms with Crippen molar-refractivity contribution in [3.05, 3.63) is 54.5 Å². The topological polar surface area (TPSA) is 50.6 Å². The van der Waals surface area contributed by atoms with Crippen molar-refractivity contribution < 1.29 is 14.0 Å². The first-order chi connectivity index (χ1) is 8.79. The first-order valence-corrected chi connectivity index (χ1v) is 5.55. The van der Waals surface area contributed by atoms with Gasteiger partial charge in [-0.1, -0.05) is 35.0 Å². The lowest BCUT2D eigenvalue weighted by molar-refractivity contribution is -0.616. The van der Waals surface area contributed by atoms with Crippen LogP contribution in [0.25, 0.3) is 11.3 Å². The molecule has 0 bridgehead atoms. The van der Waals surface area contributed by atoms with Gasteiger partial charge in [-0.2, -0.15) is 5.10 Å². The quantitative estimate of drug-likeness (QED) is 0.544. The van der Waals surface area contributed by atoms with E-state index in [0.717, 1.165) is 11.3 Å². The summed E-state index contributed by atoms with van der Waals surface area (Å²) < 4.78 is 8.28. The van der Waals surface area contributed by atoms with E-state index in [9.17, 15) is 4.79 Å². The van der Waals surface area contributed by atoms with Gasteiger partial charge in [0.1, 0.15) is 11.9 Å². The smallest absolute Gasteiger partial charge is 0.383 e. The van der Waals surface area contributed by atoms with Crippen LogP contribution in [0, 0.1) is 0 Å². The number of nitrogens with one attached hydrogen (secondary N) is 1. The van der Waals surface area contributed by atoms with Crippen LogP contribution in [0.4, 0.5) is 0 Å². The van der Waals surface area contributed by atoms with Gasteiger partial charge in [0.25, 0.3) is 5.69 Å². The Bertz CT molecular complexity index is 697. The van der Waals surface area contributed by atoms with Gasteiger partial charge in [-0.25, -0.2) is 4.79 Å². The van der Waals surface area contributed by atoms with Crippen molar-refractivity contribution in [3.63, 3.8) is 0 Å². The largest absolute Gasteiger partial charge is 0.463 e. The number of H-pyrrole nitrogens is 1. The zero-order chi connectivity index (χ0) is 12.5. The Labute approximate surface area is 103 Å². The fourth-order valence-corrected chi connectivity index (χ4v) is 1.94. The summed E-state index contributed by atoms with van der Waals surface area (Å²) in [6.07, 6.45) is 3.57. The van der Waals surface area contributed by atoms with E-state index in [2.05, 4.69) is 9.84 Å². The lowest BCUT2D eigenvalue weighted by Gasteiger charge is -1.94. The van der Waals surface area contributed by atoms with E-state index in [0.29, 0.717) is 5.69 Å². The number of aromatic nitrogens is 3. The third-order valence-corrected chi connectivity index (χ3v) is 2.81. The molecule has 1 aromatic carbocycles. The maximum Gasteiger partial charge on any atom is 0.383 e. The average Bonchev–Trinajstić information content (AvgIpc) is 2.98. The van der Waals surface area contributed by atoms with Gasteiger partial charge < -0.3 is 4.74 Å². The third-order valence-electron chi connectivity index (χ3n) is 2.81. The van der Waals surface area contributed by atoms with Crippen LogP contribution in [0.5, 0.6) is 0 Å². The van der Waals surface area contributed by atoms with Crippen molar-refractivity contribution in [3.8, 4) is 11.3 Å². The van der Waals surface area contributed by atoms with E-state index in [4.69, 9.17) is 0 Å². The minimum atomic E-state index is -0.384. The standard InChI is InChI=1S/C13H12N3O2/c1-18-13(17)11-9-15-8-7-12(16(15)14-11)10-5-3-2-4-6-10/h2-9,14H,1H3/q+1. The number of benzene rings is 1. The van der Waals surface area contributed by atoms with Crippen LogP contribution in [-0.2, 0) is 4.74 Å². The Kier molecular flexibility index (Phi) is 2.37. The molecule has 0 aliphatic rings. The summed E-state index contributed by atoms with van der Waals surface area (Å²) in [7, 11) is 1.36. The number of carbonyl (C=O) groups excluding carboxylic acids is 1. The summed E-state index contributed by atoms with van der Waals surface area (Å²) in [6, 6.07) is 11.9. The third kappa shape index (κ3) is 1.57. The molecule has 0 unspecified atom stereocenters. The van der Waals surface area contributed by atoms with Gasteiger partial charge >= 0.3 is 5.97 Å². The molecule has 2 heterocycles. The van der Waals surface area contributed by atoms with Gasteiger partial charge in [0.2, 0.25) is 0 Å². The van der Waals surface area contributed by atoms with Gasteiger partial charge in [-0.05, 0) is 0 Å². The molecule has 1 N–H and O–H groups in total. The van der Waals surface area contributed by atoms with Crippen molar-refractivity contribution in [1.29, 1.82) is 0 Å². The number of fused-ring (bicyclic) bond motifs is 1. The Balaban J connectivity index is 2.14. The van der Waals surface area contributed by atoms with Crippen molar-refractivity contribution in [1.82, 2.24) is 9.73 Å². The van der Waals surface area contributed by atoms with Crippen LogP contribution < -0.4 is 4.52 Å². The monoisotopic (exact) mass is 242 g/mol. The minimum Gasteiger partial charge on any atom is -0.463 e. The van der Waals surface area contributed by atoms with Gasteiger partial charge in [-0.15, -0.1) is 4.52 Å². The highest BCUT2D eigenvalue weighted by molar-refractivity contribution is 5.86. The number of rotatable bonds is 2. The molecule has 0 aliphatic heterocycles. The van der Waals surface area contributed by atoms with Gasteiger partial charge in [0.15, 0.2) is 6.20 Å². The molecular formula is C13H12N3O2+. The molecule has 3 aromatic rings. The fourth-order valence-electron chi connectivity index (χ4n) is 1.94. The predicted octanol–water partition coefficient (Wildman–Crippen LogP) is 1.31. The Morgan fingerprint density at radius 1 is 1.28 bits per heavy atom. The van der Waals surface area contributed by atoms with Crippen molar-refractivity contribution in [2.75, 3.05) is 7.11 Å². The van der Waals surface area contributed by atoms with Crippen LogP contribution in [0.1, 0.15) is 10.5 Å². The number of methoxy groups -OCH3 is 1. The van der Waals surface area contributed by atoms with Crippen LogP contribution in [0.3, 0.4) is 0 Å². The zero-order valence-electron chi connectivity index (χ0n) is 9.83. The van der Waals surface area contributed by atoms with Gasteiger partial charge in [0, 0.05) is 11.6 Å². The molecule has 5 nitrogen and oxygen atoms in total. The predicted molar refractivity (Wildman–Crippen MR) is 64.2 cm³/mol. The summed E-state index contributed by atoms with van der Waals surface area (Å²) in [6.45, 7) is 0. The summed E-state index contributed by atoms with van der Waals surface area (Å²) in [5.41, 5.74) is 2.46. The summed E-state index contributed by atoms with van der Waals surface area (Å²) in [4.78, 5) is 11.4. The highest BCUT2D eigenvalue weighted by Gasteiger charge is 2.19. The second-order valence-corrected chi connectivity index (χ2v) is 3.90. The van der Waals surface area contributed by atoms with E-state index >= 15 is 0 Å². The zero-order valence-corrected chi connectivity index (χ0v) is 9.83. The summed E-state index contributed by atoms with van der Waals surface area (Å²) in [5.74, 6) is -0.384. The Morgan fingerprint density at radius 3 is 2.78 bits per heavy atom. The minimum absolute atomic E-state index is 0.384. The number of nitrogens with zero attached hydrogens (tertiary/aromatic N) is 2. The second kappa shape index (κ2) is 4.03. The van der Waals surface area contributed by atoms with Crippen LogP contribution in [0.2, 0.25) is 0 Å². The van der Waals surface area contributed by atoms with E-state index < -0.39 is 0 Å². The number of hydrogen-bond acceptors (Lipinski definition) is 2. The van der Waals surface area contributed by atoms with Crippen LogP contribution in [-0.4, -0.2) is 22.8 Å². The lowest BCUT2D eigenvalue weighted by atomic mass is 10.2. The highest BCUT2D eigenvalue weighted by atomic mass is 16.5. The van der Waals surface area contributed by atoms with E-state index in [1.807, 2.05) is 42.6 Å². The molecule has 2 aromatic heterocycles. The normalized spacial score (nSPS) is 10.7. The van der Waals surface area contributed by atoms with E-state index in [1.54, 1.807) is 15.3 Å². The average molecular weight is 242 g/mol. The molecule has 0 saturated carbocycles. The van der Waals surface area contributed by atoms with Crippen molar-refractivity contribution >= 4 is 5.97 Å². The molecule has 0 atom stereocenters. The summed E-state index contributed by atoms with van der Waals surface area (Å²) in [5, 5.41) is 3.00. The number of esters is 1. The molecule has 90 valence electrons. The molecular weight excluding hydrogens is 230 g/mol. The maximum absolute atomic E-state index is 11.4. The molecule has 0 radical (unpaired) electrons. The molecule has 0 aliphatic carbocycles. The molecule has 0 saturated heterocycles. The number of hydrogen-bond donors (Lipinski definition) is 1. The van der Waals surface area contributed by atoms with Crippen molar-refractivity contribution in [2.24, 2.45) is 0 Å². The maximum atomic E-state index is 11.4. The first kappa shape index (κ1) is 10.6.